The van der Waals surface area contributed by atoms with Gasteiger partial charge in [0, 0.05) is 5.30 Å². The largest absolute Gasteiger partial charge is 0.205 e. The van der Waals surface area contributed by atoms with Gasteiger partial charge in [-0.15, -0.1) is 9.24 Å². The molecule has 0 aliphatic carbocycles. The fourth-order valence-corrected chi connectivity index (χ4v) is 4.13. The van der Waals surface area contributed by atoms with Crippen molar-refractivity contribution in [3.8, 4) is 36.4 Å². The second-order valence-corrected chi connectivity index (χ2v) is 8.24. The van der Waals surface area contributed by atoms with Gasteiger partial charge in [0.25, 0.3) is 0 Å². The van der Waals surface area contributed by atoms with Gasteiger partial charge in [-0.25, -0.2) is 39.5 Å². The highest BCUT2D eigenvalue weighted by molar-refractivity contribution is 7.27. The molecule has 1 unspecified atom stereocenters. The summed E-state index contributed by atoms with van der Waals surface area (Å²) in [4.78, 5) is 0. The monoisotopic (exact) mass is 600 g/mol. The SMILES string of the molecule is N#C/C(c1c(F)c(F)c(C#N)c(F)c1F)=c1/c(F)c(C#N)/c(=C(\C#N)c2c(F)c(F)c(C#N)c(P)c2F)c(F)c1C#N. The lowest BCUT2D eigenvalue weighted by atomic mass is 9.92. The van der Waals surface area contributed by atoms with Gasteiger partial charge in [0.05, 0.1) is 43.8 Å². The third-order valence-corrected chi connectivity index (χ3v) is 6.21. The van der Waals surface area contributed by atoms with Gasteiger partial charge >= 0.3 is 0 Å². The first-order valence-electron chi connectivity index (χ1n) is 10.3. The minimum absolute atomic E-state index is 0.804. The molecule has 1 atom stereocenters. The van der Waals surface area contributed by atoms with Gasteiger partial charge in [-0.2, -0.15) is 31.6 Å². The third-order valence-electron chi connectivity index (χ3n) is 5.67. The van der Waals surface area contributed by atoms with Crippen LogP contribution in [0.25, 0.3) is 11.1 Å². The molecule has 0 heterocycles. The van der Waals surface area contributed by atoms with E-state index in [-0.39, 0.29) is 0 Å². The van der Waals surface area contributed by atoms with Crippen LogP contribution in [-0.2, 0) is 0 Å². The predicted octanol–water partition coefficient (Wildman–Crippen LogP) is 3.37. The maximum atomic E-state index is 15.8. The van der Waals surface area contributed by atoms with Crippen molar-refractivity contribution in [1.29, 1.82) is 31.6 Å². The van der Waals surface area contributed by atoms with Gasteiger partial charge in [-0.1, -0.05) is 0 Å². The average Bonchev–Trinajstić information content (AvgIpc) is 2.97. The summed E-state index contributed by atoms with van der Waals surface area (Å²) in [6.45, 7) is 0. The third kappa shape index (κ3) is 4.23. The van der Waals surface area contributed by atoms with Crippen LogP contribution >= 0.6 is 9.24 Å². The molecule has 42 heavy (non-hydrogen) atoms. The Labute approximate surface area is 229 Å². The summed E-state index contributed by atoms with van der Waals surface area (Å²) in [5.41, 5.74) is -13.7. The lowest BCUT2D eigenvalue weighted by Gasteiger charge is -2.12. The highest BCUT2D eigenvalue weighted by Crippen LogP contribution is 2.29. The Bertz CT molecular complexity index is 1960. The van der Waals surface area contributed by atoms with Crippen LogP contribution in [0.2, 0.25) is 0 Å². The van der Waals surface area contributed by atoms with E-state index in [4.69, 9.17) is 10.5 Å². The molecule has 0 N–H and O–H groups in total. The molecule has 3 aromatic carbocycles. The molecule has 0 aliphatic heterocycles. The standard InChI is InChI=1S/C26H2F9N6P/c27-17-10(4-39)14(8(2-37)16-24(34)21(31)12(6-41)26(42)25(16)35)18(28)9(3-38)13(17)7(1-36)15-22(32)19(29)11(5-40)20(30)23(15)33/h42H2/b13-7-,14-8-. The number of hydrogen-bond acceptors (Lipinski definition) is 6. The van der Waals surface area contributed by atoms with Crippen LogP contribution in [0.1, 0.15) is 33.4 Å². The van der Waals surface area contributed by atoms with E-state index in [1.54, 1.807) is 0 Å². The van der Waals surface area contributed by atoms with Gasteiger partial charge in [0.15, 0.2) is 46.5 Å². The summed E-state index contributed by atoms with van der Waals surface area (Å²) in [6.07, 6.45) is 0. The smallest absolute Gasteiger partial charge is 0.180 e. The molecule has 3 aromatic rings. The first-order valence-corrected chi connectivity index (χ1v) is 10.9. The van der Waals surface area contributed by atoms with E-state index < -0.39 is 113 Å². The van der Waals surface area contributed by atoms with Crippen LogP contribution in [0.3, 0.4) is 0 Å². The summed E-state index contributed by atoms with van der Waals surface area (Å²) in [5.74, 6) is -20.3. The van der Waals surface area contributed by atoms with Crippen LogP contribution in [0.4, 0.5) is 39.5 Å². The zero-order chi connectivity index (χ0) is 31.8. The summed E-state index contributed by atoms with van der Waals surface area (Å²) in [5, 5.41) is 51.5. The summed E-state index contributed by atoms with van der Waals surface area (Å²) in [7, 11) is 1.51. The highest BCUT2D eigenvalue weighted by Gasteiger charge is 2.32. The van der Waals surface area contributed by atoms with Crippen molar-refractivity contribution in [3.05, 3.63) is 96.2 Å². The maximum absolute atomic E-state index is 15.8. The molecule has 3 rings (SSSR count). The summed E-state index contributed by atoms with van der Waals surface area (Å²) < 4.78 is 134. The van der Waals surface area contributed by atoms with Crippen molar-refractivity contribution in [2.24, 2.45) is 0 Å². The van der Waals surface area contributed by atoms with Gasteiger partial charge in [0.2, 0.25) is 0 Å². The van der Waals surface area contributed by atoms with E-state index in [2.05, 4.69) is 0 Å². The molecular weight excluding hydrogens is 598 g/mol. The Hall–Kier alpha value is -5.86. The van der Waals surface area contributed by atoms with E-state index in [1.807, 2.05) is 0 Å². The first-order chi connectivity index (χ1) is 19.8. The van der Waals surface area contributed by atoms with Gasteiger partial charge in [0.1, 0.15) is 53.4 Å². The van der Waals surface area contributed by atoms with Crippen molar-refractivity contribution in [2.75, 3.05) is 0 Å². The van der Waals surface area contributed by atoms with Crippen molar-refractivity contribution >= 4 is 25.7 Å². The van der Waals surface area contributed by atoms with E-state index in [0.717, 1.165) is 36.4 Å². The fourth-order valence-electron chi connectivity index (χ4n) is 3.80. The van der Waals surface area contributed by atoms with Crippen LogP contribution in [0.5, 0.6) is 0 Å². The molecule has 0 saturated carbocycles. The Morgan fingerprint density at radius 2 is 0.714 bits per heavy atom. The summed E-state index contributed by atoms with van der Waals surface area (Å²) >= 11 is 0. The zero-order valence-electron chi connectivity index (χ0n) is 19.7. The van der Waals surface area contributed by atoms with E-state index >= 15 is 13.2 Å². The van der Waals surface area contributed by atoms with Crippen molar-refractivity contribution in [3.63, 3.8) is 0 Å². The fraction of sp³-hybridized carbons (Fsp3) is 0. The Kier molecular flexibility index (Phi) is 8.27. The Morgan fingerprint density at radius 3 is 1.02 bits per heavy atom. The topological polar surface area (TPSA) is 143 Å². The number of halogens is 9. The molecule has 6 nitrogen and oxygen atoms in total. The highest BCUT2D eigenvalue weighted by atomic mass is 31.0. The number of nitriles is 6. The molecule has 0 saturated heterocycles. The predicted molar refractivity (Wildman–Crippen MR) is 123 cm³/mol. The lowest BCUT2D eigenvalue weighted by Crippen LogP contribution is -2.32. The molecule has 0 aromatic heterocycles. The molecule has 0 fully saturated rings. The number of benzene rings is 3. The van der Waals surface area contributed by atoms with E-state index in [9.17, 15) is 47.4 Å². The van der Waals surface area contributed by atoms with Gasteiger partial charge in [-0.3, -0.25) is 0 Å². The Balaban J connectivity index is 2.81. The quantitative estimate of drug-likeness (QED) is 0.251. The molecule has 204 valence electrons. The number of rotatable bonds is 2. The summed E-state index contributed by atoms with van der Waals surface area (Å²) in [6, 6.07) is 5.83. The first kappa shape index (κ1) is 30.7. The molecule has 0 aliphatic rings. The zero-order valence-corrected chi connectivity index (χ0v) is 20.8. The number of nitrogens with zero attached hydrogens (tertiary/aromatic N) is 6. The van der Waals surface area contributed by atoms with Gasteiger partial charge in [-0.05, 0) is 0 Å². The van der Waals surface area contributed by atoms with E-state index in [1.165, 1.54) is 9.24 Å². The lowest BCUT2D eigenvalue weighted by molar-refractivity contribution is 0.446. The second-order valence-electron chi connectivity index (χ2n) is 7.66. The molecule has 0 bridgehead atoms. The van der Waals surface area contributed by atoms with Crippen LogP contribution in [0, 0.1) is 120 Å². The van der Waals surface area contributed by atoms with Crippen molar-refractivity contribution in [1.82, 2.24) is 0 Å². The van der Waals surface area contributed by atoms with Crippen molar-refractivity contribution in [2.45, 2.75) is 0 Å². The molecule has 16 heteroatoms. The van der Waals surface area contributed by atoms with E-state index in [0.29, 0.717) is 0 Å². The normalized spacial score (nSPS) is 11.7. The molecule has 0 spiro atoms. The molecule has 0 radical (unpaired) electrons. The second kappa shape index (κ2) is 11.3. The number of hydrogen-bond donors (Lipinski definition) is 0. The van der Waals surface area contributed by atoms with Gasteiger partial charge < -0.3 is 0 Å². The van der Waals surface area contributed by atoms with Crippen molar-refractivity contribution < 1.29 is 39.5 Å². The molecular formula is C26H2F9N6P. The minimum atomic E-state index is -2.46. The maximum Gasteiger partial charge on any atom is 0.180 e. The minimum Gasteiger partial charge on any atom is -0.205 e. The average molecular weight is 600 g/mol. The molecule has 0 amide bonds. The van der Waals surface area contributed by atoms with Crippen LogP contribution < -0.4 is 15.7 Å². The van der Waals surface area contributed by atoms with Crippen LogP contribution in [0.15, 0.2) is 0 Å². The van der Waals surface area contributed by atoms with Crippen LogP contribution in [-0.4, -0.2) is 0 Å². The Morgan fingerprint density at radius 1 is 0.405 bits per heavy atom.